The summed E-state index contributed by atoms with van der Waals surface area (Å²) in [4.78, 5) is 26.0. The highest BCUT2D eigenvalue weighted by Gasteiger charge is 2.24. The van der Waals surface area contributed by atoms with Gasteiger partial charge in [-0.2, -0.15) is 0 Å². The van der Waals surface area contributed by atoms with Crippen molar-refractivity contribution in [2.45, 2.75) is 30.2 Å². The molecule has 2 aromatic carbocycles. The van der Waals surface area contributed by atoms with E-state index in [4.69, 9.17) is 0 Å². The van der Waals surface area contributed by atoms with Gasteiger partial charge in [0.1, 0.15) is 0 Å². The molecule has 0 atom stereocenters. The van der Waals surface area contributed by atoms with Crippen molar-refractivity contribution < 1.29 is 18.0 Å². The number of benzene rings is 2. The van der Waals surface area contributed by atoms with Crippen LogP contribution in [-0.4, -0.2) is 32.8 Å². The maximum absolute atomic E-state index is 12.6. The summed E-state index contributed by atoms with van der Waals surface area (Å²) in [5.74, 6) is -0.552. The van der Waals surface area contributed by atoms with Gasteiger partial charge in [0.2, 0.25) is 10.0 Å². The molecule has 166 valence electrons. The zero-order valence-electron chi connectivity index (χ0n) is 17.2. The summed E-state index contributed by atoms with van der Waals surface area (Å²) in [5.41, 5.74) is 1.28. The first kappa shape index (κ1) is 22.2. The summed E-state index contributed by atoms with van der Waals surface area (Å²) >= 11 is 1.58. The lowest BCUT2D eigenvalue weighted by atomic mass is 10.1. The van der Waals surface area contributed by atoms with Crippen LogP contribution >= 0.6 is 11.3 Å². The molecule has 3 N–H and O–H groups in total. The lowest BCUT2D eigenvalue weighted by molar-refractivity contribution is 0.0949. The molecule has 1 aliphatic carbocycles. The van der Waals surface area contributed by atoms with Crippen LogP contribution in [0.1, 0.15) is 38.4 Å². The van der Waals surface area contributed by atoms with E-state index in [-0.39, 0.29) is 22.8 Å². The Labute approximate surface area is 190 Å². The van der Waals surface area contributed by atoms with Crippen molar-refractivity contribution in [2.24, 2.45) is 0 Å². The Morgan fingerprint density at radius 1 is 0.938 bits per heavy atom. The molecule has 0 saturated heterocycles. The number of sulfonamides is 1. The summed E-state index contributed by atoms with van der Waals surface area (Å²) in [7, 11) is -3.66. The van der Waals surface area contributed by atoms with Gasteiger partial charge in [-0.25, -0.2) is 13.1 Å². The molecule has 0 spiro atoms. The minimum Gasteiger partial charge on any atom is -0.349 e. The Kier molecular flexibility index (Phi) is 6.69. The zero-order valence-corrected chi connectivity index (χ0v) is 18.8. The maximum Gasteiger partial charge on any atom is 0.255 e. The van der Waals surface area contributed by atoms with Gasteiger partial charge in [0.05, 0.1) is 4.90 Å². The summed E-state index contributed by atoms with van der Waals surface area (Å²) in [6.07, 6.45) is 2.62. The largest absolute Gasteiger partial charge is 0.349 e. The van der Waals surface area contributed by atoms with Crippen LogP contribution in [0.25, 0.3) is 0 Å². The fourth-order valence-corrected chi connectivity index (χ4v) is 4.81. The molecule has 1 fully saturated rings. The van der Waals surface area contributed by atoms with E-state index in [1.165, 1.54) is 24.3 Å². The van der Waals surface area contributed by atoms with Crippen LogP contribution in [0, 0.1) is 0 Å². The lowest BCUT2D eigenvalue weighted by Crippen LogP contribution is -2.26. The minimum absolute atomic E-state index is 0.0963. The molecule has 3 aromatic rings. The van der Waals surface area contributed by atoms with E-state index < -0.39 is 10.0 Å². The fraction of sp³-hybridized carbons (Fsp3) is 0.217. The monoisotopic (exact) mass is 469 g/mol. The number of amides is 2. The van der Waals surface area contributed by atoms with Gasteiger partial charge in [0, 0.05) is 34.3 Å². The van der Waals surface area contributed by atoms with E-state index >= 15 is 0 Å². The van der Waals surface area contributed by atoms with Crippen LogP contribution in [0.5, 0.6) is 0 Å². The van der Waals surface area contributed by atoms with Crippen molar-refractivity contribution in [3.8, 4) is 0 Å². The number of carbonyl (C=O) groups excluding carboxylic acids is 2. The number of anilines is 1. The second kappa shape index (κ2) is 9.64. The van der Waals surface area contributed by atoms with Crippen LogP contribution < -0.4 is 15.4 Å². The summed E-state index contributed by atoms with van der Waals surface area (Å²) in [6, 6.07) is 16.6. The number of carbonyl (C=O) groups is 2. The summed E-state index contributed by atoms with van der Waals surface area (Å²) < 4.78 is 27.5. The molecule has 0 unspecified atom stereocenters. The SMILES string of the molecule is O=C(Nc1cccc(C(=O)NC2CC2)c1)c1ccc(S(=O)(=O)NCCc2cccs2)cc1. The van der Waals surface area contributed by atoms with Gasteiger partial charge >= 0.3 is 0 Å². The van der Waals surface area contributed by atoms with Crippen LogP contribution in [0.4, 0.5) is 5.69 Å². The van der Waals surface area contributed by atoms with Crippen molar-refractivity contribution in [1.29, 1.82) is 0 Å². The Morgan fingerprint density at radius 2 is 1.72 bits per heavy atom. The van der Waals surface area contributed by atoms with E-state index in [2.05, 4.69) is 15.4 Å². The zero-order chi connectivity index (χ0) is 22.6. The third-order valence-corrected chi connectivity index (χ3v) is 7.38. The number of nitrogens with one attached hydrogen (secondary N) is 3. The van der Waals surface area contributed by atoms with Crippen molar-refractivity contribution in [3.63, 3.8) is 0 Å². The highest BCUT2D eigenvalue weighted by Crippen LogP contribution is 2.20. The number of thiophene rings is 1. The van der Waals surface area contributed by atoms with Crippen molar-refractivity contribution in [3.05, 3.63) is 82.0 Å². The molecule has 2 amide bonds. The minimum atomic E-state index is -3.66. The number of hydrogen-bond acceptors (Lipinski definition) is 5. The van der Waals surface area contributed by atoms with Crippen molar-refractivity contribution in [1.82, 2.24) is 10.0 Å². The second-order valence-electron chi connectivity index (χ2n) is 7.53. The smallest absolute Gasteiger partial charge is 0.255 e. The van der Waals surface area contributed by atoms with Crippen molar-refractivity contribution in [2.75, 3.05) is 11.9 Å². The second-order valence-corrected chi connectivity index (χ2v) is 10.3. The predicted molar refractivity (Wildman–Crippen MR) is 125 cm³/mol. The lowest BCUT2D eigenvalue weighted by Gasteiger charge is -2.09. The molecule has 7 nitrogen and oxygen atoms in total. The first-order valence-corrected chi connectivity index (χ1v) is 12.6. The Hall–Kier alpha value is -3.01. The average molecular weight is 470 g/mol. The Bertz CT molecular complexity index is 1200. The quantitative estimate of drug-likeness (QED) is 0.447. The third kappa shape index (κ3) is 5.82. The summed E-state index contributed by atoms with van der Waals surface area (Å²) in [5, 5.41) is 7.61. The van der Waals surface area contributed by atoms with Gasteiger partial charge in [-0.05, 0) is 73.2 Å². The Morgan fingerprint density at radius 3 is 2.41 bits per heavy atom. The molecule has 4 rings (SSSR count). The molecule has 9 heteroatoms. The number of hydrogen-bond donors (Lipinski definition) is 3. The highest BCUT2D eigenvalue weighted by molar-refractivity contribution is 7.89. The molecule has 1 saturated carbocycles. The molecule has 0 radical (unpaired) electrons. The molecule has 1 heterocycles. The highest BCUT2D eigenvalue weighted by atomic mass is 32.2. The normalized spacial score (nSPS) is 13.5. The first-order valence-electron chi connectivity index (χ1n) is 10.3. The molecular weight excluding hydrogens is 446 g/mol. The molecule has 1 aliphatic rings. The Balaban J connectivity index is 1.36. The standard InChI is InChI=1S/C23H23N3O4S2/c27-22(26-19-4-1-3-17(15-19)23(28)25-18-8-9-18)16-6-10-21(11-7-16)32(29,30)24-13-12-20-5-2-14-31-20/h1-7,10-11,14-15,18,24H,8-9,12-13H2,(H,25,28)(H,26,27). The predicted octanol–water partition coefficient (Wildman–Crippen LogP) is 3.41. The van der Waals surface area contributed by atoms with Crippen molar-refractivity contribution >= 4 is 38.9 Å². The summed E-state index contributed by atoms with van der Waals surface area (Å²) in [6.45, 7) is 0.301. The van der Waals surface area contributed by atoms with E-state index in [9.17, 15) is 18.0 Å². The van der Waals surface area contributed by atoms with Gasteiger partial charge in [0.15, 0.2) is 0 Å². The van der Waals surface area contributed by atoms with Crippen LogP contribution in [0.15, 0.2) is 70.9 Å². The van der Waals surface area contributed by atoms with E-state index in [0.717, 1.165) is 17.7 Å². The van der Waals surface area contributed by atoms with Gasteiger partial charge in [0.25, 0.3) is 11.8 Å². The molecule has 0 bridgehead atoms. The topological polar surface area (TPSA) is 104 Å². The molecule has 1 aromatic heterocycles. The van der Waals surface area contributed by atoms with Gasteiger partial charge in [-0.15, -0.1) is 11.3 Å². The molecule has 32 heavy (non-hydrogen) atoms. The van der Waals surface area contributed by atoms with E-state index in [1.807, 2.05) is 17.5 Å². The fourth-order valence-electron chi connectivity index (χ4n) is 3.07. The van der Waals surface area contributed by atoms with Gasteiger partial charge in [-0.1, -0.05) is 12.1 Å². The van der Waals surface area contributed by atoms with Crippen LogP contribution in [0.2, 0.25) is 0 Å². The molecular formula is C23H23N3O4S2. The molecule has 0 aliphatic heterocycles. The van der Waals surface area contributed by atoms with Gasteiger partial charge < -0.3 is 10.6 Å². The maximum atomic E-state index is 12.6. The first-order chi connectivity index (χ1) is 15.4. The third-order valence-electron chi connectivity index (χ3n) is 4.97. The van der Waals surface area contributed by atoms with Crippen LogP contribution in [0.3, 0.4) is 0 Å². The van der Waals surface area contributed by atoms with E-state index in [1.54, 1.807) is 35.6 Å². The van der Waals surface area contributed by atoms with Gasteiger partial charge in [-0.3, -0.25) is 9.59 Å². The van der Waals surface area contributed by atoms with E-state index in [0.29, 0.717) is 29.8 Å². The number of rotatable bonds is 9. The average Bonchev–Trinajstić information content (AvgIpc) is 3.45. The van der Waals surface area contributed by atoms with Crippen LogP contribution in [-0.2, 0) is 16.4 Å².